The summed E-state index contributed by atoms with van der Waals surface area (Å²) in [6.45, 7) is 7.28. The number of hydrogen-bond donors (Lipinski definition) is 2. The minimum absolute atomic E-state index is 0.323. The maximum Gasteiger partial charge on any atom is 0.407 e. The molecule has 27 heavy (non-hydrogen) atoms. The molecule has 2 aromatic heterocycles. The van der Waals surface area contributed by atoms with Crippen molar-refractivity contribution in [2.24, 2.45) is 0 Å². The number of carboxylic acid groups (broad SMARTS) is 1. The summed E-state index contributed by atoms with van der Waals surface area (Å²) in [7, 11) is 0. The van der Waals surface area contributed by atoms with Crippen LogP contribution in [0.25, 0.3) is 21.9 Å². The second kappa shape index (κ2) is 7.40. The van der Waals surface area contributed by atoms with Gasteiger partial charge in [0.25, 0.3) is 0 Å². The fourth-order valence-corrected chi connectivity index (χ4v) is 3.11. The van der Waals surface area contributed by atoms with E-state index in [-0.39, 0.29) is 0 Å². The Bertz CT molecular complexity index is 961. The second-order valence-electron chi connectivity index (χ2n) is 7.37. The number of rotatable bonds is 6. The number of anilines is 1. The van der Waals surface area contributed by atoms with Crippen LogP contribution in [0.4, 0.5) is 10.6 Å². The third kappa shape index (κ3) is 3.95. The number of aromatic nitrogens is 3. The van der Waals surface area contributed by atoms with E-state index < -0.39 is 11.6 Å². The van der Waals surface area contributed by atoms with Crippen molar-refractivity contribution in [2.45, 2.75) is 32.9 Å². The van der Waals surface area contributed by atoms with Gasteiger partial charge in [-0.1, -0.05) is 18.2 Å². The van der Waals surface area contributed by atoms with E-state index in [9.17, 15) is 9.90 Å². The molecule has 0 unspecified atom stereocenters. The molecule has 0 aliphatic carbocycles. The van der Waals surface area contributed by atoms with Crippen LogP contribution >= 0.6 is 0 Å². The topological polar surface area (TPSA) is 107 Å². The van der Waals surface area contributed by atoms with Crippen LogP contribution in [0.1, 0.15) is 20.8 Å². The molecule has 0 bridgehead atoms. The molecular weight excluding hydrogens is 346 g/mol. The van der Waals surface area contributed by atoms with Crippen molar-refractivity contribution < 1.29 is 14.6 Å². The van der Waals surface area contributed by atoms with Crippen molar-refractivity contribution in [1.29, 1.82) is 0 Å². The molecule has 0 saturated heterocycles. The van der Waals surface area contributed by atoms with E-state index in [1.807, 2.05) is 49.6 Å². The summed E-state index contributed by atoms with van der Waals surface area (Å²) >= 11 is 0. The lowest BCUT2D eigenvalue weighted by Crippen LogP contribution is -2.46. The van der Waals surface area contributed by atoms with Crippen LogP contribution in [0.5, 0.6) is 0 Å². The van der Waals surface area contributed by atoms with E-state index in [1.165, 1.54) is 4.90 Å². The average Bonchev–Trinajstić information content (AvgIpc) is 3.01. The highest BCUT2D eigenvalue weighted by atomic mass is 16.5. The van der Waals surface area contributed by atoms with E-state index >= 15 is 0 Å². The van der Waals surface area contributed by atoms with Crippen LogP contribution in [0, 0.1) is 0 Å². The molecule has 1 aromatic carbocycles. The number of nitrogens with two attached hydrogens (primary N) is 1. The minimum atomic E-state index is -0.943. The maximum absolute atomic E-state index is 11.3. The van der Waals surface area contributed by atoms with Crippen molar-refractivity contribution in [3.8, 4) is 0 Å². The molecule has 8 nitrogen and oxygen atoms in total. The Morgan fingerprint density at radius 2 is 2.04 bits per heavy atom. The van der Waals surface area contributed by atoms with Gasteiger partial charge in [0, 0.05) is 24.0 Å². The van der Waals surface area contributed by atoms with Crippen molar-refractivity contribution in [3.05, 3.63) is 30.6 Å². The summed E-state index contributed by atoms with van der Waals surface area (Å²) in [4.78, 5) is 21.5. The van der Waals surface area contributed by atoms with Crippen LogP contribution in [0.15, 0.2) is 30.6 Å². The van der Waals surface area contributed by atoms with Gasteiger partial charge in [0.1, 0.15) is 5.52 Å². The van der Waals surface area contributed by atoms with E-state index in [0.717, 1.165) is 16.4 Å². The number of hydrogen-bond acceptors (Lipinski definition) is 5. The molecule has 8 heteroatoms. The third-order valence-corrected chi connectivity index (χ3v) is 4.46. The molecule has 0 aliphatic rings. The fraction of sp³-hybridized carbons (Fsp3) is 0.421. The summed E-state index contributed by atoms with van der Waals surface area (Å²) in [6.07, 6.45) is 0.790. The molecular formula is C19H25N5O3. The van der Waals surface area contributed by atoms with Crippen molar-refractivity contribution >= 4 is 33.8 Å². The van der Waals surface area contributed by atoms with Crippen LogP contribution in [-0.2, 0) is 11.3 Å². The molecule has 144 valence electrons. The summed E-state index contributed by atoms with van der Waals surface area (Å²) in [5, 5.41) is 10.3. The highest BCUT2D eigenvalue weighted by Crippen LogP contribution is 2.26. The largest absolute Gasteiger partial charge is 0.465 e. The first-order chi connectivity index (χ1) is 12.8. The van der Waals surface area contributed by atoms with E-state index in [2.05, 4.69) is 9.97 Å². The molecule has 1 amide bonds. The zero-order chi connectivity index (χ0) is 19.6. The van der Waals surface area contributed by atoms with Gasteiger partial charge < -0.3 is 25.0 Å². The van der Waals surface area contributed by atoms with Gasteiger partial charge in [-0.3, -0.25) is 0 Å². The molecule has 0 fully saturated rings. The van der Waals surface area contributed by atoms with E-state index in [1.54, 1.807) is 6.33 Å². The summed E-state index contributed by atoms with van der Waals surface area (Å²) in [6, 6.07) is 7.80. The van der Waals surface area contributed by atoms with Gasteiger partial charge in [-0.15, -0.1) is 0 Å². The molecule has 2 heterocycles. The van der Waals surface area contributed by atoms with Crippen LogP contribution in [-0.4, -0.2) is 55.9 Å². The average molecular weight is 371 g/mol. The van der Waals surface area contributed by atoms with Crippen molar-refractivity contribution in [3.63, 3.8) is 0 Å². The highest BCUT2D eigenvalue weighted by molar-refractivity contribution is 6.06. The smallest absolute Gasteiger partial charge is 0.407 e. The monoisotopic (exact) mass is 371 g/mol. The number of carbonyl (C=O) groups is 1. The number of para-hydroxylation sites is 1. The SMILES string of the molecule is CC(C)(C)N(CCOCCn1cnc2c(N)nc3ccccc3c21)C(=O)O. The zero-order valence-corrected chi connectivity index (χ0v) is 15.8. The Labute approximate surface area is 157 Å². The quantitative estimate of drug-likeness (QED) is 0.645. The van der Waals surface area contributed by atoms with Crippen LogP contribution in [0.2, 0.25) is 0 Å². The molecule has 0 spiro atoms. The summed E-state index contributed by atoms with van der Waals surface area (Å²) in [5.41, 5.74) is 8.02. The highest BCUT2D eigenvalue weighted by Gasteiger charge is 2.25. The number of fused-ring (bicyclic) bond motifs is 3. The Morgan fingerprint density at radius 1 is 1.30 bits per heavy atom. The van der Waals surface area contributed by atoms with Gasteiger partial charge in [-0.05, 0) is 26.8 Å². The summed E-state index contributed by atoms with van der Waals surface area (Å²) < 4.78 is 7.67. The van der Waals surface area contributed by atoms with Crippen molar-refractivity contribution in [1.82, 2.24) is 19.4 Å². The molecule has 3 rings (SSSR count). The number of imidazole rings is 1. The van der Waals surface area contributed by atoms with Gasteiger partial charge in [0.2, 0.25) is 0 Å². The van der Waals surface area contributed by atoms with Gasteiger partial charge in [-0.25, -0.2) is 14.8 Å². The lowest BCUT2D eigenvalue weighted by atomic mass is 10.1. The van der Waals surface area contributed by atoms with Gasteiger partial charge in [-0.2, -0.15) is 0 Å². The first-order valence-electron chi connectivity index (χ1n) is 8.86. The number of ether oxygens (including phenoxy) is 1. The van der Waals surface area contributed by atoms with Crippen LogP contribution in [0.3, 0.4) is 0 Å². The molecule has 0 saturated carbocycles. The Morgan fingerprint density at radius 3 is 2.74 bits per heavy atom. The van der Waals surface area contributed by atoms with Crippen LogP contribution < -0.4 is 5.73 Å². The van der Waals surface area contributed by atoms with Gasteiger partial charge in [0.15, 0.2) is 5.82 Å². The number of benzene rings is 1. The van der Waals surface area contributed by atoms with E-state index in [0.29, 0.717) is 37.6 Å². The molecule has 0 aliphatic heterocycles. The first kappa shape index (κ1) is 18.9. The number of nitrogen functional groups attached to an aromatic ring is 1. The fourth-order valence-electron chi connectivity index (χ4n) is 3.11. The van der Waals surface area contributed by atoms with Crippen molar-refractivity contribution in [2.75, 3.05) is 25.5 Å². The molecule has 0 atom stereocenters. The zero-order valence-electron chi connectivity index (χ0n) is 15.8. The normalized spacial score (nSPS) is 12.0. The second-order valence-corrected chi connectivity index (χ2v) is 7.37. The van der Waals surface area contributed by atoms with Gasteiger partial charge >= 0.3 is 6.09 Å². The Kier molecular flexibility index (Phi) is 5.18. The standard InChI is InChI=1S/C19H25N5O3/c1-19(2,3)24(18(25)26)9-11-27-10-8-23-12-21-15-16(23)13-6-4-5-7-14(13)22-17(15)20/h4-7,12H,8-11H2,1-3H3,(H2,20,22)(H,25,26). The first-order valence-corrected chi connectivity index (χ1v) is 8.86. The predicted molar refractivity (Wildman–Crippen MR) is 105 cm³/mol. The number of pyridine rings is 1. The number of amides is 1. The maximum atomic E-state index is 11.3. The third-order valence-electron chi connectivity index (χ3n) is 4.46. The Hall–Kier alpha value is -2.87. The lowest BCUT2D eigenvalue weighted by molar-refractivity contribution is 0.0589. The number of nitrogens with zero attached hydrogens (tertiary/aromatic N) is 4. The lowest BCUT2D eigenvalue weighted by Gasteiger charge is -2.32. The minimum Gasteiger partial charge on any atom is -0.465 e. The predicted octanol–water partition coefficient (Wildman–Crippen LogP) is 2.96. The molecule has 0 radical (unpaired) electrons. The van der Waals surface area contributed by atoms with Gasteiger partial charge in [0.05, 0.1) is 30.6 Å². The molecule has 3 N–H and O–H groups in total. The van der Waals surface area contributed by atoms with E-state index in [4.69, 9.17) is 10.5 Å². The Balaban J connectivity index is 1.67. The summed E-state index contributed by atoms with van der Waals surface area (Å²) in [5.74, 6) is 0.408. The molecule has 3 aromatic rings.